The molecule has 0 saturated heterocycles. The quantitative estimate of drug-likeness (QED) is 0.0223. The lowest BCUT2D eigenvalue weighted by Crippen LogP contribution is -2.61. The van der Waals surface area contributed by atoms with Crippen molar-refractivity contribution < 1.29 is 63.6 Å². The van der Waals surface area contributed by atoms with E-state index in [1.165, 1.54) is 62.4 Å². The highest BCUT2D eigenvalue weighted by molar-refractivity contribution is 5.98. The van der Waals surface area contributed by atoms with E-state index in [1.807, 2.05) is 0 Å². The van der Waals surface area contributed by atoms with Crippen molar-refractivity contribution in [1.82, 2.24) is 42.5 Å². The van der Waals surface area contributed by atoms with E-state index in [0.717, 1.165) is 0 Å². The van der Waals surface area contributed by atoms with Crippen molar-refractivity contribution >= 4 is 59.2 Å². The number of guanidine groups is 1. The van der Waals surface area contributed by atoms with Gasteiger partial charge in [-0.2, -0.15) is 0 Å². The summed E-state index contributed by atoms with van der Waals surface area (Å²) < 4.78 is 0. The first-order valence-corrected chi connectivity index (χ1v) is 25.4. The lowest BCUT2D eigenvalue weighted by atomic mass is 9.94. The van der Waals surface area contributed by atoms with Gasteiger partial charge in [0.25, 0.3) is 0 Å². The van der Waals surface area contributed by atoms with Crippen LogP contribution in [0.15, 0.2) is 53.5 Å². The van der Waals surface area contributed by atoms with Crippen molar-refractivity contribution in [3.63, 3.8) is 0 Å². The molecule has 12 atom stereocenters. The monoisotopic (exact) mass is 1070 g/mol. The van der Waals surface area contributed by atoms with Gasteiger partial charge in [-0.25, -0.2) is 4.79 Å². The van der Waals surface area contributed by atoms with Gasteiger partial charge in [-0.1, -0.05) is 85.1 Å². The van der Waals surface area contributed by atoms with Gasteiger partial charge >= 0.3 is 5.97 Å². The number of phenolic OH excluding ortho intramolecular Hbond substituents is 2. The largest absolute Gasteiger partial charge is 0.508 e. The molecule has 2 rings (SSSR count). The van der Waals surface area contributed by atoms with E-state index < -0.39 is 132 Å². The number of phenols is 2. The number of aromatic hydroxyl groups is 2. The summed E-state index contributed by atoms with van der Waals surface area (Å²) in [5.74, 6) is -9.82. The molecule has 0 aromatic heterocycles. The summed E-state index contributed by atoms with van der Waals surface area (Å²) in [4.78, 5) is 126. The fourth-order valence-corrected chi connectivity index (χ4v) is 7.51. The number of carbonyl (C=O) groups is 9. The predicted molar refractivity (Wildman–Crippen MR) is 281 cm³/mol. The molecule has 0 radical (unpaired) electrons. The third kappa shape index (κ3) is 21.7. The van der Waals surface area contributed by atoms with Crippen LogP contribution in [0.4, 0.5) is 0 Å². The van der Waals surface area contributed by atoms with Crippen LogP contribution in [-0.4, -0.2) is 147 Å². The summed E-state index contributed by atoms with van der Waals surface area (Å²) >= 11 is 0. The van der Waals surface area contributed by atoms with Gasteiger partial charge in [0.1, 0.15) is 53.8 Å². The zero-order valence-electron chi connectivity index (χ0n) is 44.6. The van der Waals surface area contributed by atoms with E-state index in [0.29, 0.717) is 30.4 Å². The third-order valence-electron chi connectivity index (χ3n) is 12.9. The minimum absolute atomic E-state index is 0.0295. The van der Waals surface area contributed by atoms with Gasteiger partial charge in [0.2, 0.25) is 47.3 Å². The van der Waals surface area contributed by atoms with Gasteiger partial charge in [-0.05, 0) is 79.8 Å². The second kappa shape index (κ2) is 32.0. The summed E-state index contributed by atoms with van der Waals surface area (Å²) in [5, 5.41) is 60.7. The SMILES string of the molecule is CC[C@H](C)[C@H](NC(=O)[C@H](CCCN=C(N)N)NC(=O)[C@H](C)N)C(=O)N[C@H](C(=O)NCC(=O)N[C@@H](Cc1ccc(O)cc1)C(=O)N[C@H](C(=O)N[C@H](C(=O)N[C@@H](Cc1ccc(O)cc1)C(=O)O)[C@@H](C)CC)[C@@H](C)CC)[C@@H](C)O. The third-order valence-corrected chi connectivity index (χ3v) is 12.9. The van der Waals surface area contributed by atoms with Crippen LogP contribution in [0.25, 0.3) is 0 Å². The molecular formula is C51H80N12O13. The Morgan fingerprint density at radius 3 is 1.33 bits per heavy atom. The highest BCUT2D eigenvalue weighted by atomic mass is 16.4. The Kier molecular flexibility index (Phi) is 27.2. The number of aliphatic imine (C=N–C) groups is 1. The molecule has 76 heavy (non-hydrogen) atoms. The second-order valence-electron chi connectivity index (χ2n) is 19.1. The summed E-state index contributed by atoms with van der Waals surface area (Å²) in [7, 11) is 0. The van der Waals surface area contributed by atoms with E-state index in [4.69, 9.17) is 17.2 Å². The summed E-state index contributed by atoms with van der Waals surface area (Å²) in [6, 6.07) is 1.05. The normalized spacial score (nSPS) is 15.8. The van der Waals surface area contributed by atoms with Crippen LogP contribution in [-0.2, 0) is 56.0 Å². The van der Waals surface area contributed by atoms with E-state index in [2.05, 4.69) is 47.5 Å². The Morgan fingerprint density at radius 1 is 0.526 bits per heavy atom. The molecule has 25 nitrogen and oxygen atoms in total. The molecule has 0 saturated carbocycles. The van der Waals surface area contributed by atoms with Crippen molar-refractivity contribution in [3.05, 3.63) is 59.7 Å². The predicted octanol–water partition coefficient (Wildman–Crippen LogP) is -1.60. The van der Waals surface area contributed by atoms with Crippen LogP contribution < -0.4 is 59.7 Å². The Bertz CT molecular complexity index is 2290. The number of rotatable bonds is 32. The maximum atomic E-state index is 14.2. The number of carbonyl (C=O) groups excluding carboxylic acids is 8. The molecule has 18 N–H and O–H groups in total. The molecule has 2 aromatic rings. The van der Waals surface area contributed by atoms with Gasteiger partial charge < -0.3 is 80.2 Å². The van der Waals surface area contributed by atoms with Crippen LogP contribution in [0.3, 0.4) is 0 Å². The lowest BCUT2D eigenvalue weighted by molar-refractivity contribution is -0.142. The molecule has 0 unspecified atom stereocenters. The summed E-state index contributed by atoms with van der Waals surface area (Å²) in [5.41, 5.74) is 17.5. The number of hydrogen-bond donors (Lipinski definition) is 15. The maximum Gasteiger partial charge on any atom is 0.326 e. The fraction of sp³-hybridized carbons (Fsp3) is 0.569. The molecule has 0 aliphatic carbocycles. The van der Waals surface area contributed by atoms with Crippen LogP contribution in [0.1, 0.15) is 98.6 Å². The molecule has 422 valence electrons. The second-order valence-corrected chi connectivity index (χ2v) is 19.1. The van der Waals surface area contributed by atoms with Gasteiger partial charge in [-0.3, -0.25) is 43.3 Å². The number of amides is 8. The molecule has 2 aromatic carbocycles. The maximum absolute atomic E-state index is 14.2. The number of carboxylic acids is 1. The van der Waals surface area contributed by atoms with Gasteiger partial charge in [0.05, 0.1) is 18.7 Å². The number of benzene rings is 2. The van der Waals surface area contributed by atoms with Crippen LogP contribution in [0.5, 0.6) is 11.5 Å². The number of aliphatic hydroxyl groups is 1. The average Bonchev–Trinajstić information content (AvgIpc) is 3.37. The lowest BCUT2D eigenvalue weighted by Gasteiger charge is -2.30. The molecule has 0 fully saturated rings. The van der Waals surface area contributed by atoms with Gasteiger partial charge in [0.15, 0.2) is 5.96 Å². The van der Waals surface area contributed by atoms with Crippen molar-refractivity contribution in [2.75, 3.05) is 13.1 Å². The topological polar surface area (TPSA) is 421 Å². The smallest absolute Gasteiger partial charge is 0.326 e. The number of nitrogens with zero attached hydrogens (tertiary/aromatic N) is 1. The molecule has 0 aliphatic rings. The Morgan fingerprint density at radius 2 is 0.921 bits per heavy atom. The van der Waals surface area contributed by atoms with Crippen molar-refractivity contribution in [1.29, 1.82) is 0 Å². The summed E-state index contributed by atoms with van der Waals surface area (Å²) in [6.45, 7) is 12.3. The molecule has 8 amide bonds. The number of aliphatic hydroxyl groups excluding tert-OH is 1. The molecular weight excluding hydrogens is 989 g/mol. The Hall–Kier alpha value is -7.54. The zero-order chi connectivity index (χ0) is 57.4. The highest BCUT2D eigenvalue weighted by Crippen LogP contribution is 2.17. The Balaban J connectivity index is 2.33. The first-order chi connectivity index (χ1) is 35.7. The summed E-state index contributed by atoms with van der Waals surface area (Å²) in [6.07, 6.45) is -0.433. The number of hydrogen-bond acceptors (Lipinski definition) is 14. The molecule has 25 heteroatoms. The van der Waals surface area contributed by atoms with Crippen molar-refractivity contribution in [2.45, 2.75) is 155 Å². The highest BCUT2D eigenvalue weighted by Gasteiger charge is 2.37. The Labute approximate surface area is 443 Å². The minimum Gasteiger partial charge on any atom is -0.508 e. The van der Waals surface area contributed by atoms with Gasteiger partial charge in [-0.15, -0.1) is 0 Å². The van der Waals surface area contributed by atoms with E-state index in [9.17, 15) is 63.6 Å². The molecule has 0 heterocycles. The molecule has 0 bridgehead atoms. The van der Waals surface area contributed by atoms with Crippen LogP contribution >= 0.6 is 0 Å². The van der Waals surface area contributed by atoms with E-state index in [1.54, 1.807) is 41.5 Å². The number of nitrogens with two attached hydrogens (primary N) is 3. The minimum atomic E-state index is -1.67. The average molecular weight is 1070 g/mol. The molecule has 0 spiro atoms. The first-order valence-electron chi connectivity index (χ1n) is 25.4. The number of aliphatic carboxylic acids is 1. The van der Waals surface area contributed by atoms with Gasteiger partial charge in [0, 0.05) is 19.4 Å². The van der Waals surface area contributed by atoms with Crippen molar-refractivity contribution in [2.24, 2.45) is 39.9 Å². The number of nitrogens with one attached hydrogen (secondary N) is 8. The fourth-order valence-electron chi connectivity index (χ4n) is 7.51. The van der Waals surface area contributed by atoms with Crippen molar-refractivity contribution in [3.8, 4) is 11.5 Å². The number of carboxylic acid groups (broad SMARTS) is 1. The van der Waals surface area contributed by atoms with Crippen LogP contribution in [0.2, 0.25) is 0 Å². The zero-order valence-corrected chi connectivity index (χ0v) is 44.6. The van der Waals surface area contributed by atoms with Crippen LogP contribution in [0, 0.1) is 17.8 Å². The first kappa shape index (κ1) is 64.6. The van der Waals surface area contributed by atoms with E-state index in [-0.39, 0.29) is 49.7 Å². The standard InChI is InChI=1S/C51H80N12O13/c1-9-26(4)39(47(72)59-37(50(75)76)24-32-16-20-34(66)21-17-32)62-48(73)40(27(5)10-2)61-45(70)36(23-31-14-18-33(65)19-15-31)57-38(67)25-56-46(71)42(30(8)64)63-49(74)41(28(6)11-3)60-44(69)35(58-43(68)29(7)52)13-12-22-55-51(53)54/h14-21,26-30,35-37,39-42,64-66H,9-13,22-25,52H2,1-8H3,(H,56,71)(H,57,67)(H,58,68)(H,59,72)(H,60,69)(H,61,70)(H,62,73)(H,63,74)(H,75,76)(H4,53,54,55)/t26-,27-,28-,29-,30+,35-,36-,37-,39-,40-,41-,42-/m0/s1. The van der Waals surface area contributed by atoms with E-state index >= 15 is 0 Å². The molecule has 0 aliphatic heterocycles.